The molecule has 6 heteroatoms. The maximum Gasteiger partial charge on any atom is 0.225 e. The highest BCUT2D eigenvalue weighted by molar-refractivity contribution is 5.83. The van der Waals surface area contributed by atoms with Crippen LogP contribution in [0.15, 0.2) is 36.7 Å². The molecule has 2 aromatic heterocycles. The second-order valence-electron chi connectivity index (χ2n) is 8.17. The quantitative estimate of drug-likeness (QED) is 0.723. The summed E-state index contributed by atoms with van der Waals surface area (Å²) >= 11 is 0. The van der Waals surface area contributed by atoms with E-state index < -0.39 is 0 Å². The smallest absolute Gasteiger partial charge is 0.225 e. The Kier molecular flexibility index (Phi) is 5.10. The van der Waals surface area contributed by atoms with Crippen molar-refractivity contribution < 1.29 is 4.74 Å². The van der Waals surface area contributed by atoms with Gasteiger partial charge in [0.05, 0.1) is 6.61 Å². The molecule has 0 bridgehead atoms. The summed E-state index contributed by atoms with van der Waals surface area (Å²) in [4.78, 5) is 11.3. The summed E-state index contributed by atoms with van der Waals surface area (Å²) < 4.78 is 8.60. The van der Waals surface area contributed by atoms with Gasteiger partial charge in [-0.15, -0.1) is 0 Å². The first kappa shape index (κ1) is 18.4. The van der Waals surface area contributed by atoms with Crippen molar-refractivity contribution in [3.05, 3.63) is 47.9 Å². The Morgan fingerprint density at radius 1 is 1.10 bits per heavy atom. The van der Waals surface area contributed by atoms with Crippen molar-refractivity contribution >= 4 is 16.9 Å². The number of nitrogens with zero attached hydrogens (tertiary/aromatic N) is 4. The van der Waals surface area contributed by atoms with Crippen molar-refractivity contribution in [3.63, 3.8) is 0 Å². The highest BCUT2D eigenvalue weighted by Crippen LogP contribution is 2.27. The van der Waals surface area contributed by atoms with Gasteiger partial charge in [-0.3, -0.25) is 0 Å². The van der Waals surface area contributed by atoms with Gasteiger partial charge in [0.25, 0.3) is 0 Å². The number of aromatic nitrogens is 3. The molecule has 3 aromatic rings. The van der Waals surface area contributed by atoms with Gasteiger partial charge in [-0.25, -0.2) is 9.97 Å². The standard InChI is InChI=1S/C23H29N5O/c1-2-17-13-25-23(26-14-17)27-8-5-18(6-9-27)16-29-21-3-4-22-19(12-21)11-20-15-24-7-10-28(20)22/h3-4,11-14,18,24H,2,5-10,15-16H2,1H3. The van der Waals surface area contributed by atoms with E-state index in [1.54, 1.807) is 0 Å². The fourth-order valence-electron chi connectivity index (χ4n) is 4.42. The van der Waals surface area contributed by atoms with Crippen LogP contribution in [0, 0.1) is 5.92 Å². The molecule has 152 valence electrons. The molecule has 1 N–H and O–H groups in total. The summed E-state index contributed by atoms with van der Waals surface area (Å²) in [6, 6.07) is 8.81. The third kappa shape index (κ3) is 3.81. The van der Waals surface area contributed by atoms with Crippen LogP contribution < -0.4 is 15.0 Å². The van der Waals surface area contributed by atoms with Crippen molar-refractivity contribution in [2.75, 3.05) is 31.1 Å². The number of rotatable bonds is 5. The fraction of sp³-hybridized carbons (Fsp3) is 0.478. The Morgan fingerprint density at radius 3 is 2.72 bits per heavy atom. The summed E-state index contributed by atoms with van der Waals surface area (Å²) in [7, 11) is 0. The number of hydrogen-bond donors (Lipinski definition) is 1. The topological polar surface area (TPSA) is 55.2 Å². The van der Waals surface area contributed by atoms with Crippen LogP contribution in [0.25, 0.3) is 10.9 Å². The number of ether oxygens (including phenoxy) is 1. The third-order valence-corrected chi connectivity index (χ3v) is 6.26. The number of aryl methyl sites for hydroxylation is 1. The van der Waals surface area contributed by atoms with Gasteiger partial charge in [0, 0.05) is 61.7 Å². The minimum atomic E-state index is 0.586. The van der Waals surface area contributed by atoms with Crippen LogP contribution in [-0.2, 0) is 19.5 Å². The predicted molar refractivity (Wildman–Crippen MR) is 115 cm³/mol. The lowest BCUT2D eigenvalue weighted by molar-refractivity contribution is 0.222. The summed E-state index contributed by atoms with van der Waals surface area (Å²) in [6.45, 7) is 7.95. The molecule has 0 aliphatic carbocycles. The van der Waals surface area contributed by atoms with E-state index in [1.807, 2.05) is 12.4 Å². The lowest BCUT2D eigenvalue weighted by Crippen LogP contribution is -2.36. The number of piperidine rings is 1. The van der Waals surface area contributed by atoms with E-state index in [1.165, 1.54) is 22.2 Å². The van der Waals surface area contributed by atoms with Crippen molar-refractivity contribution in [1.82, 2.24) is 19.9 Å². The minimum Gasteiger partial charge on any atom is -0.493 e. The lowest BCUT2D eigenvalue weighted by atomic mass is 9.98. The Morgan fingerprint density at radius 2 is 1.93 bits per heavy atom. The second-order valence-corrected chi connectivity index (χ2v) is 8.17. The Hall–Kier alpha value is -2.60. The van der Waals surface area contributed by atoms with E-state index in [-0.39, 0.29) is 0 Å². The van der Waals surface area contributed by atoms with Crippen molar-refractivity contribution in [3.8, 4) is 5.75 Å². The van der Waals surface area contributed by atoms with Crippen molar-refractivity contribution in [1.29, 1.82) is 0 Å². The van der Waals surface area contributed by atoms with Gasteiger partial charge < -0.3 is 19.5 Å². The number of anilines is 1. The van der Waals surface area contributed by atoms with Crippen molar-refractivity contribution in [2.24, 2.45) is 5.92 Å². The molecule has 1 aromatic carbocycles. The van der Waals surface area contributed by atoms with Crippen LogP contribution >= 0.6 is 0 Å². The first-order chi connectivity index (χ1) is 14.3. The molecule has 29 heavy (non-hydrogen) atoms. The SMILES string of the molecule is CCc1cnc(N2CCC(COc3ccc4c(c3)cc3n4CCNC3)CC2)nc1. The summed E-state index contributed by atoms with van der Waals surface area (Å²) in [5.41, 5.74) is 3.87. The molecule has 0 unspecified atom stereocenters. The van der Waals surface area contributed by atoms with Crippen LogP contribution in [0.2, 0.25) is 0 Å². The number of fused-ring (bicyclic) bond motifs is 3. The van der Waals surface area contributed by atoms with E-state index in [0.717, 1.165) is 70.3 Å². The van der Waals surface area contributed by atoms with Gasteiger partial charge in [-0.05, 0) is 55.0 Å². The second kappa shape index (κ2) is 8.03. The van der Waals surface area contributed by atoms with Gasteiger partial charge in [0.2, 0.25) is 5.95 Å². The average Bonchev–Trinajstić information content (AvgIpc) is 3.16. The molecule has 0 spiro atoms. The van der Waals surface area contributed by atoms with Gasteiger partial charge in [0.1, 0.15) is 5.75 Å². The van der Waals surface area contributed by atoms with E-state index in [4.69, 9.17) is 4.74 Å². The Balaban J connectivity index is 1.17. The average molecular weight is 392 g/mol. The maximum absolute atomic E-state index is 6.18. The lowest BCUT2D eigenvalue weighted by Gasteiger charge is -2.31. The van der Waals surface area contributed by atoms with Gasteiger partial charge in [-0.1, -0.05) is 6.92 Å². The number of nitrogens with one attached hydrogen (secondary N) is 1. The van der Waals surface area contributed by atoms with Crippen LogP contribution in [0.5, 0.6) is 5.75 Å². The summed E-state index contributed by atoms with van der Waals surface area (Å²) in [6.07, 6.45) is 7.11. The zero-order chi connectivity index (χ0) is 19.6. The molecule has 1 saturated heterocycles. The normalized spacial score (nSPS) is 17.5. The van der Waals surface area contributed by atoms with Crippen LogP contribution in [-0.4, -0.2) is 40.8 Å². The Bertz CT molecular complexity index is 973. The van der Waals surface area contributed by atoms with Crippen LogP contribution in [0.1, 0.15) is 31.0 Å². The van der Waals surface area contributed by atoms with Gasteiger partial charge in [-0.2, -0.15) is 0 Å². The molecule has 2 aliphatic heterocycles. The van der Waals surface area contributed by atoms with Gasteiger partial charge in [0.15, 0.2) is 0 Å². The molecule has 1 fully saturated rings. The Labute approximate surface area is 171 Å². The predicted octanol–water partition coefficient (Wildman–Crippen LogP) is 3.39. The molecular weight excluding hydrogens is 362 g/mol. The van der Waals surface area contributed by atoms with Crippen molar-refractivity contribution in [2.45, 2.75) is 39.3 Å². The highest BCUT2D eigenvalue weighted by Gasteiger charge is 2.21. The first-order valence-electron chi connectivity index (χ1n) is 10.8. The van der Waals surface area contributed by atoms with E-state index in [0.29, 0.717) is 5.92 Å². The molecular formula is C23H29N5O. The first-order valence-corrected chi connectivity index (χ1v) is 10.8. The molecule has 0 saturated carbocycles. The zero-order valence-electron chi connectivity index (χ0n) is 17.1. The number of benzene rings is 1. The molecule has 0 radical (unpaired) electrons. The van der Waals surface area contributed by atoms with E-state index >= 15 is 0 Å². The van der Waals surface area contributed by atoms with Crippen LogP contribution in [0.4, 0.5) is 5.95 Å². The maximum atomic E-state index is 6.18. The molecule has 2 aliphatic rings. The number of hydrogen-bond acceptors (Lipinski definition) is 5. The van der Waals surface area contributed by atoms with E-state index in [9.17, 15) is 0 Å². The molecule has 0 amide bonds. The molecule has 0 atom stereocenters. The largest absolute Gasteiger partial charge is 0.493 e. The minimum absolute atomic E-state index is 0.586. The molecule has 6 nitrogen and oxygen atoms in total. The van der Waals surface area contributed by atoms with Crippen LogP contribution in [0.3, 0.4) is 0 Å². The summed E-state index contributed by atoms with van der Waals surface area (Å²) in [5, 5.41) is 4.72. The fourth-order valence-corrected chi connectivity index (χ4v) is 4.42. The third-order valence-electron chi connectivity index (χ3n) is 6.26. The van der Waals surface area contributed by atoms with E-state index in [2.05, 4.69) is 55.9 Å². The highest BCUT2D eigenvalue weighted by atomic mass is 16.5. The molecule has 4 heterocycles. The molecule has 5 rings (SSSR count). The van der Waals surface area contributed by atoms with Gasteiger partial charge >= 0.3 is 0 Å². The monoisotopic (exact) mass is 391 g/mol. The summed E-state index contributed by atoms with van der Waals surface area (Å²) in [5.74, 6) is 2.43. The zero-order valence-corrected chi connectivity index (χ0v) is 17.1.